The van der Waals surface area contributed by atoms with Gasteiger partial charge in [-0.25, -0.2) is 9.78 Å². The van der Waals surface area contributed by atoms with Gasteiger partial charge >= 0.3 is 6.09 Å². The SMILES string of the molecule is COCCOC(=O)Nc1nc(C)c(C)s1. The van der Waals surface area contributed by atoms with Crippen LogP contribution in [0.1, 0.15) is 10.6 Å². The Kier molecular flexibility index (Phi) is 4.51. The average molecular weight is 230 g/mol. The van der Waals surface area contributed by atoms with Crippen LogP contribution in [0.5, 0.6) is 0 Å². The van der Waals surface area contributed by atoms with E-state index in [1.54, 1.807) is 7.11 Å². The second-order valence-electron chi connectivity index (χ2n) is 2.91. The number of hydrogen-bond donors (Lipinski definition) is 1. The number of nitrogens with zero attached hydrogens (tertiary/aromatic N) is 1. The summed E-state index contributed by atoms with van der Waals surface area (Å²) in [6, 6.07) is 0. The largest absolute Gasteiger partial charge is 0.447 e. The third-order valence-electron chi connectivity index (χ3n) is 1.76. The highest BCUT2D eigenvalue weighted by Crippen LogP contribution is 2.20. The molecule has 1 N–H and O–H groups in total. The van der Waals surface area contributed by atoms with Crippen LogP contribution >= 0.6 is 11.3 Å². The summed E-state index contributed by atoms with van der Waals surface area (Å²) in [4.78, 5) is 16.4. The van der Waals surface area contributed by atoms with Crippen LogP contribution in [-0.4, -0.2) is 31.4 Å². The van der Waals surface area contributed by atoms with Crippen molar-refractivity contribution in [3.8, 4) is 0 Å². The number of hydrogen-bond acceptors (Lipinski definition) is 5. The van der Waals surface area contributed by atoms with Gasteiger partial charge in [-0.1, -0.05) is 0 Å². The molecule has 15 heavy (non-hydrogen) atoms. The quantitative estimate of drug-likeness (QED) is 0.803. The van der Waals surface area contributed by atoms with E-state index in [4.69, 9.17) is 9.47 Å². The Bertz CT molecular complexity index is 319. The van der Waals surface area contributed by atoms with E-state index in [9.17, 15) is 4.79 Å². The Morgan fingerprint density at radius 3 is 2.73 bits per heavy atom. The Hall–Kier alpha value is -1.14. The van der Waals surface area contributed by atoms with Crippen LogP contribution < -0.4 is 5.32 Å². The summed E-state index contributed by atoms with van der Waals surface area (Å²) >= 11 is 1.43. The molecule has 0 bridgehead atoms. The lowest BCUT2D eigenvalue weighted by atomic mass is 10.4. The van der Waals surface area contributed by atoms with Crippen molar-refractivity contribution in [1.29, 1.82) is 0 Å². The summed E-state index contributed by atoms with van der Waals surface area (Å²) in [6.45, 7) is 4.48. The molecule has 1 amide bonds. The predicted octanol–water partition coefficient (Wildman–Crippen LogP) is 1.95. The molecule has 6 heteroatoms. The summed E-state index contributed by atoms with van der Waals surface area (Å²) in [5.41, 5.74) is 0.923. The van der Waals surface area contributed by atoms with Crippen LogP contribution in [0, 0.1) is 13.8 Å². The van der Waals surface area contributed by atoms with Gasteiger partial charge in [0.1, 0.15) is 6.61 Å². The third-order valence-corrected chi connectivity index (χ3v) is 2.75. The first-order valence-electron chi connectivity index (χ1n) is 4.50. The average Bonchev–Trinajstić information content (AvgIpc) is 2.46. The van der Waals surface area contributed by atoms with Gasteiger partial charge in [0.05, 0.1) is 12.3 Å². The predicted molar refractivity (Wildman–Crippen MR) is 58.4 cm³/mol. The van der Waals surface area contributed by atoms with Gasteiger partial charge in [0.2, 0.25) is 0 Å². The lowest BCUT2D eigenvalue weighted by molar-refractivity contribution is 0.107. The molecule has 0 spiro atoms. The fourth-order valence-electron chi connectivity index (χ4n) is 0.867. The van der Waals surface area contributed by atoms with Crippen molar-refractivity contribution in [3.63, 3.8) is 0 Å². The molecule has 0 fully saturated rings. The first-order chi connectivity index (χ1) is 7.13. The van der Waals surface area contributed by atoms with Gasteiger partial charge in [0, 0.05) is 12.0 Å². The number of carbonyl (C=O) groups excluding carboxylic acids is 1. The fraction of sp³-hybridized carbons (Fsp3) is 0.556. The van der Waals surface area contributed by atoms with Crippen molar-refractivity contribution in [2.24, 2.45) is 0 Å². The van der Waals surface area contributed by atoms with E-state index in [1.165, 1.54) is 11.3 Å². The van der Waals surface area contributed by atoms with Gasteiger partial charge < -0.3 is 9.47 Å². The van der Waals surface area contributed by atoms with Crippen LogP contribution in [0.3, 0.4) is 0 Å². The van der Waals surface area contributed by atoms with Crippen molar-refractivity contribution >= 4 is 22.6 Å². The molecule has 1 aromatic heterocycles. The number of nitrogens with one attached hydrogen (secondary N) is 1. The summed E-state index contributed by atoms with van der Waals surface area (Å²) in [6.07, 6.45) is -0.499. The molecule has 0 aliphatic rings. The van der Waals surface area contributed by atoms with E-state index in [2.05, 4.69) is 10.3 Å². The van der Waals surface area contributed by atoms with E-state index < -0.39 is 6.09 Å². The normalized spacial score (nSPS) is 10.1. The van der Waals surface area contributed by atoms with E-state index in [1.807, 2.05) is 13.8 Å². The van der Waals surface area contributed by atoms with Crippen molar-refractivity contribution < 1.29 is 14.3 Å². The van der Waals surface area contributed by atoms with Crippen molar-refractivity contribution in [1.82, 2.24) is 4.98 Å². The van der Waals surface area contributed by atoms with Crippen molar-refractivity contribution in [2.75, 3.05) is 25.6 Å². The molecule has 0 unspecified atom stereocenters. The zero-order valence-electron chi connectivity index (χ0n) is 8.99. The maximum Gasteiger partial charge on any atom is 0.413 e. The number of ether oxygens (including phenoxy) is 2. The molecule has 1 aromatic rings. The van der Waals surface area contributed by atoms with E-state index in [0.717, 1.165) is 10.6 Å². The van der Waals surface area contributed by atoms with E-state index >= 15 is 0 Å². The Morgan fingerprint density at radius 1 is 1.47 bits per heavy atom. The minimum atomic E-state index is -0.499. The third kappa shape index (κ3) is 3.85. The molecule has 84 valence electrons. The maximum absolute atomic E-state index is 11.2. The number of amides is 1. The van der Waals surface area contributed by atoms with E-state index in [-0.39, 0.29) is 6.61 Å². The van der Waals surface area contributed by atoms with Crippen LogP contribution in [0.4, 0.5) is 9.93 Å². The highest BCUT2D eigenvalue weighted by Gasteiger charge is 2.07. The van der Waals surface area contributed by atoms with Gasteiger partial charge in [0.25, 0.3) is 0 Å². The number of aryl methyl sites for hydroxylation is 2. The van der Waals surface area contributed by atoms with Crippen LogP contribution in [0.25, 0.3) is 0 Å². The standard InChI is InChI=1S/C9H14N2O3S/c1-6-7(2)15-8(10-6)11-9(12)14-5-4-13-3/h4-5H2,1-3H3,(H,10,11,12). The van der Waals surface area contributed by atoms with Crippen LogP contribution in [0.15, 0.2) is 0 Å². The second kappa shape index (κ2) is 5.67. The lowest BCUT2D eigenvalue weighted by Crippen LogP contribution is -2.16. The molecule has 0 aliphatic heterocycles. The molecule has 0 aliphatic carbocycles. The zero-order chi connectivity index (χ0) is 11.3. The molecule has 1 heterocycles. The van der Waals surface area contributed by atoms with Gasteiger partial charge in [-0.2, -0.15) is 0 Å². The summed E-state index contributed by atoms with van der Waals surface area (Å²) < 4.78 is 9.57. The molecule has 0 atom stereocenters. The van der Waals surface area contributed by atoms with Crippen molar-refractivity contribution in [2.45, 2.75) is 13.8 Å². The van der Waals surface area contributed by atoms with Gasteiger partial charge in [-0.3, -0.25) is 5.32 Å². The first kappa shape index (κ1) is 11.9. The molecule has 0 saturated carbocycles. The molecule has 0 saturated heterocycles. The molecular weight excluding hydrogens is 216 g/mol. The molecule has 1 rings (SSSR count). The summed E-state index contributed by atoms with van der Waals surface area (Å²) in [5, 5.41) is 3.12. The Morgan fingerprint density at radius 2 is 2.20 bits per heavy atom. The number of thiazole rings is 1. The van der Waals surface area contributed by atoms with Gasteiger partial charge in [-0.15, -0.1) is 11.3 Å². The summed E-state index contributed by atoms with van der Waals surface area (Å²) in [5.74, 6) is 0. The van der Waals surface area contributed by atoms with Gasteiger partial charge in [0.15, 0.2) is 5.13 Å². The molecule has 5 nitrogen and oxygen atoms in total. The number of anilines is 1. The molecular formula is C9H14N2O3S. The molecule has 0 radical (unpaired) electrons. The minimum Gasteiger partial charge on any atom is -0.447 e. The smallest absolute Gasteiger partial charge is 0.413 e. The zero-order valence-corrected chi connectivity index (χ0v) is 9.81. The first-order valence-corrected chi connectivity index (χ1v) is 5.32. The Labute approximate surface area is 92.4 Å². The number of methoxy groups -OCH3 is 1. The minimum absolute atomic E-state index is 0.242. The Balaban J connectivity index is 2.37. The number of rotatable bonds is 4. The monoisotopic (exact) mass is 230 g/mol. The lowest BCUT2D eigenvalue weighted by Gasteiger charge is -2.03. The van der Waals surface area contributed by atoms with Crippen LogP contribution in [0.2, 0.25) is 0 Å². The van der Waals surface area contributed by atoms with Gasteiger partial charge in [-0.05, 0) is 13.8 Å². The second-order valence-corrected chi connectivity index (χ2v) is 4.12. The molecule has 0 aromatic carbocycles. The van der Waals surface area contributed by atoms with Crippen molar-refractivity contribution in [3.05, 3.63) is 10.6 Å². The topological polar surface area (TPSA) is 60.5 Å². The van der Waals surface area contributed by atoms with E-state index in [0.29, 0.717) is 11.7 Å². The fourth-order valence-corrected chi connectivity index (χ4v) is 1.67. The summed E-state index contributed by atoms with van der Waals surface area (Å²) in [7, 11) is 1.55. The number of aromatic nitrogens is 1. The maximum atomic E-state index is 11.2. The highest BCUT2D eigenvalue weighted by atomic mass is 32.1. The highest BCUT2D eigenvalue weighted by molar-refractivity contribution is 7.15. The number of carbonyl (C=O) groups is 1. The van der Waals surface area contributed by atoms with Crippen LogP contribution in [-0.2, 0) is 9.47 Å².